The second-order valence-corrected chi connectivity index (χ2v) is 7.40. The van der Waals surface area contributed by atoms with Crippen molar-refractivity contribution in [3.63, 3.8) is 0 Å². The van der Waals surface area contributed by atoms with Gasteiger partial charge in [-0.1, -0.05) is 81.0 Å². The van der Waals surface area contributed by atoms with E-state index in [9.17, 15) is 0 Å². The number of allylic oxidation sites excluding steroid dienone is 5. The third-order valence-electron chi connectivity index (χ3n) is 4.46. The number of nitrogens with one attached hydrogen (secondary N) is 1. The fourth-order valence-corrected chi connectivity index (χ4v) is 2.61. The molecule has 1 aromatic carbocycles. The van der Waals surface area contributed by atoms with Crippen LogP contribution in [-0.4, -0.2) is 6.04 Å². The van der Waals surface area contributed by atoms with Crippen molar-refractivity contribution in [2.45, 2.75) is 46.6 Å². The normalized spacial score (nSPS) is 22.5. The van der Waals surface area contributed by atoms with Crippen LogP contribution in [0.4, 0.5) is 0 Å². The summed E-state index contributed by atoms with van der Waals surface area (Å²) in [5.41, 5.74) is 5.52. The Bertz CT molecular complexity index is 638. The van der Waals surface area contributed by atoms with Gasteiger partial charge in [-0.05, 0) is 48.6 Å². The van der Waals surface area contributed by atoms with Crippen LogP contribution in [0, 0.1) is 5.41 Å². The van der Waals surface area contributed by atoms with Gasteiger partial charge >= 0.3 is 0 Å². The molecule has 0 aliphatic carbocycles. The summed E-state index contributed by atoms with van der Waals surface area (Å²) in [6.07, 6.45) is 12.5. The predicted octanol–water partition coefficient (Wildman–Crippen LogP) is 5.36. The zero-order valence-corrected chi connectivity index (χ0v) is 14.9. The van der Waals surface area contributed by atoms with Crippen LogP contribution in [0.3, 0.4) is 0 Å². The highest BCUT2D eigenvalue weighted by atomic mass is 14.9. The molecule has 0 saturated heterocycles. The van der Waals surface area contributed by atoms with Crippen LogP contribution in [0.15, 0.2) is 72.5 Å². The third-order valence-corrected chi connectivity index (χ3v) is 4.46. The van der Waals surface area contributed by atoms with Crippen molar-refractivity contribution in [2.75, 3.05) is 0 Å². The Hall–Kier alpha value is -2.02. The van der Waals surface area contributed by atoms with Crippen LogP contribution in [0.25, 0.3) is 0 Å². The number of benzene rings is 1. The van der Waals surface area contributed by atoms with Crippen LogP contribution in [0.1, 0.15) is 38.8 Å². The van der Waals surface area contributed by atoms with Crippen molar-refractivity contribution in [1.82, 2.24) is 5.32 Å². The second-order valence-electron chi connectivity index (χ2n) is 7.40. The lowest BCUT2D eigenvalue weighted by Crippen LogP contribution is -2.26. The number of fused-ring (bicyclic) bond motifs is 1. The molecule has 0 aromatic heterocycles. The molecule has 1 nitrogen and oxygen atoms in total. The fourth-order valence-electron chi connectivity index (χ4n) is 2.61. The summed E-state index contributed by atoms with van der Waals surface area (Å²) in [5.74, 6) is 0. The molecule has 1 aliphatic rings. The Labute approximate surface area is 141 Å². The second kappa shape index (κ2) is 7.50. The molecule has 0 amide bonds. The molecule has 122 valence electrons. The molecule has 0 fully saturated rings. The van der Waals surface area contributed by atoms with E-state index in [1.54, 1.807) is 0 Å². The van der Waals surface area contributed by atoms with Crippen LogP contribution in [0.5, 0.6) is 0 Å². The molecule has 1 atom stereocenters. The fraction of sp³-hybridized carbons (Fsp3) is 0.364. The standard InChI is InChI=1S/C22H29N/c1-17-10-8-9-13-23-21(15-18(2)22(3,4)5)16-20-12-7-6-11-19(20)14-17/h6-13,15,21,23H,1,14,16H2,2-5H3/b10-8-,13-9-,18-15+. The van der Waals surface area contributed by atoms with Crippen molar-refractivity contribution in [1.29, 1.82) is 0 Å². The summed E-state index contributed by atoms with van der Waals surface area (Å²) in [6, 6.07) is 9.00. The first-order chi connectivity index (χ1) is 10.9. The minimum absolute atomic E-state index is 0.200. The Morgan fingerprint density at radius 2 is 1.87 bits per heavy atom. The van der Waals surface area contributed by atoms with Crippen molar-refractivity contribution in [2.24, 2.45) is 5.41 Å². The highest BCUT2D eigenvalue weighted by molar-refractivity contribution is 5.35. The van der Waals surface area contributed by atoms with Gasteiger partial charge in [-0.15, -0.1) is 0 Å². The van der Waals surface area contributed by atoms with Gasteiger partial charge in [-0.2, -0.15) is 0 Å². The van der Waals surface area contributed by atoms with Crippen LogP contribution in [-0.2, 0) is 12.8 Å². The van der Waals surface area contributed by atoms with E-state index >= 15 is 0 Å². The van der Waals surface area contributed by atoms with Gasteiger partial charge in [0.25, 0.3) is 0 Å². The molecule has 23 heavy (non-hydrogen) atoms. The monoisotopic (exact) mass is 307 g/mol. The maximum Gasteiger partial charge on any atom is 0.0482 e. The minimum Gasteiger partial charge on any atom is -0.384 e. The van der Waals surface area contributed by atoms with Crippen molar-refractivity contribution in [3.05, 3.63) is 83.6 Å². The van der Waals surface area contributed by atoms with E-state index in [0.29, 0.717) is 6.04 Å². The molecule has 1 unspecified atom stereocenters. The average Bonchev–Trinajstić information content (AvgIpc) is 2.50. The van der Waals surface area contributed by atoms with Gasteiger partial charge in [-0.25, -0.2) is 0 Å². The first kappa shape index (κ1) is 17.3. The van der Waals surface area contributed by atoms with Crippen molar-refractivity contribution in [3.8, 4) is 0 Å². The molecule has 1 heteroatoms. The quantitative estimate of drug-likeness (QED) is 0.688. The molecule has 1 aliphatic heterocycles. The smallest absolute Gasteiger partial charge is 0.0482 e. The Morgan fingerprint density at radius 3 is 2.57 bits per heavy atom. The molecular formula is C22H29N. The molecular weight excluding hydrogens is 278 g/mol. The van der Waals surface area contributed by atoms with E-state index in [4.69, 9.17) is 0 Å². The summed E-state index contributed by atoms with van der Waals surface area (Å²) in [7, 11) is 0. The summed E-state index contributed by atoms with van der Waals surface area (Å²) >= 11 is 0. The SMILES string of the molecule is C=C1/C=C\C=C/NC(/C=C(\C)C(C)(C)C)Cc2ccccc2C1. The van der Waals surface area contributed by atoms with E-state index in [-0.39, 0.29) is 5.41 Å². The Morgan fingerprint density at radius 1 is 1.17 bits per heavy atom. The minimum atomic E-state index is 0.200. The molecule has 0 saturated carbocycles. The summed E-state index contributed by atoms with van der Waals surface area (Å²) < 4.78 is 0. The van der Waals surface area contributed by atoms with Crippen molar-refractivity contribution >= 4 is 0 Å². The van der Waals surface area contributed by atoms with E-state index in [0.717, 1.165) is 18.4 Å². The zero-order chi connectivity index (χ0) is 16.9. The molecule has 1 aromatic rings. The first-order valence-electron chi connectivity index (χ1n) is 8.39. The van der Waals surface area contributed by atoms with Crippen molar-refractivity contribution < 1.29 is 0 Å². The lowest BCUT2D eigenvalue weighted by atomic mass is 9.85. The Kier molecular flexibility index (Phi) is 5.65. The largest absolute Gasteiger partial charge is 0.384 e. The van der Waals surface area contributed by atoms with Gasteiger partial charge in [0.2, 0.25) is 0 Å². The maximum absolute atomic E-state index is 4.16. The summed E-state index contributed by atoms with van der Waals surface area (Å²) in [6.45, 7) is 13.2. The van der Waals surface area contributed by atoms with Gasteiger partial charge in [0.05, 0.1) is 0 Å². The van der Waals surface area contributed by atoms with Gasteiger partial charge < -0.3 is 5.32 Å². The van der Waals surface area contributed by atoms with E-state index in [1.165, 1.54) is 16.7 Å². The maximum atomic E-state index is 4.16. The van der Waals surface area contributed by atoms with Gasteiger partial charge in [-0.3, -0.25) is 0 Å². The topological polar surface area (TPSA) is 12.0 Å². The van der Waals surface area contributed by atoms with Crippen LogP contribution in [0.2, 0.25) is 0 Å². The first-order valence-corrected chi connectivity index (χ1v) is 8.39. The van der Waals surface area contributed by atoms with Crippen LogP contribution < -0.4 is 5.32 Å². The van der Waals surface area contributed by atoms with E-state index < -0.39 is 0 Å². The zero-order valence-electron chi connectivity index (χ0n) is 14.9. The van der Waals surface area contributed by atoms with Gasteiger partial charge in [0.15, 0.2) is 0 Å². The number of hydrogen-bond donors (Lipinski definition) is 1. The molecule has 2 rings (SSSR count). The lowest BCUT2D eigenvalue weighted by Gasteiger charge is -2.23. The van der Waals surface area contributed by atoms with Gasteiger partial charge in [0.1, 0.15) is 0 Å². The van der Waals surface area contributed by atoms with Crippen LogP contribution >= 0.6 is 0 Å². The number of rotatable bonds is 1. The molecule has 0 radical (unpaired) electrons. The highest BCUT2D eigenvalue weighted by Gasteiger charge is 2.16. The highest BCUT2D eigenvalue weighted by Crippen LogP contribution is 2.25. The summed E-state index contributed by atoms with van der Waals surface area (Å²) in [5, 5.41) is 3.54. The third kappa shape index (κ3) is 5.28. The van der Waals surface area contributed by atoms with E-state index in [1.807, 2.05) is 6.20 Å². The average molecular weight is 307 g/mol. The number of hydrogen-bond acceptors (Lipinski definition) is 1. The molecule has 1 N–H and O–H groups in total. The lowest BCUT2D eigenvalue weighted by molar-refractivity contribution is 0.496. The Balaban J connectivity index is 2.35. The molecule has 0 bridgehead atoms. The molecule has 0 spiro atoms. The summed E-state index contributed by atoms with van der Waals surface area (Å²) in [4.78, 5) is 0. The predicted molar refractivity (Wildman–Crippen MR) is 101 cm³/mol. The molecule has 1 heterocycles. The van der Waals surface area contributed by atoms with Gasteiger partial charge in [0, 0.05) is 6.04 Å². The van der Waals surface area contributed by atoms with E-state index in [2.05, 4.69) is 88.2 Å².